The number of hydrogen-bond donors (Lipinski definition) is 0. The standard InChI is InChI=1S/C21H21N3O2/c1-3-26-21-19(20(25)16-7-5-4-6-8-16)14(2)24(23-21)18-12-11-17(13-22-18)15-9-10-15/h4-8,11-13,15H,3,9-10H2,1-2H3. The van der Waals surface area contributed by atoms with Gasteiger partial charge in [-0.05, 0) is 44.2 Å². The molecule has 0 aliphatic heterocycles. The molecule has 0 saturated heterocycles. The lowest BCUT2D eigenvalue weighted by Gasteiger charge is -2.05. The molecular weight excluding hydrogens is 326 g/mol. The Hall–Kier alpha value is -2.95. The summed E-state index contributed by atoms with van der Waals surface area (Å²) in [5, 5.41) is 4.52. The Morgan fingerprint density at radius 3 is 2.58 bits per heavy atom. The van der Waals surface area contributed by atoms with Crippen LogP contribution in [0.3, 0.4) is 0 Å². The largest absolute Gasteiger partial charge is 0.476 e. The van der Waals surface area contributed by atoms with Crippen molar-refractivity contribution in [1.29, 1.82) is 0 Å². The lowest BCUT2D eigenvalue weighted by atomic mass is 10.0. The van der Waals surface area contributed by atoms with Crippen molar-refractivity contribution in [3.63, 3.8) is 0 Å². The van der Waals surface area contributed by atoms with Gasteiger partial charge >= 0.3 is 0 Å². The lowest BCUT2D eigenvalue weighted by Crippen LogP contribution is -2.06. The molecule has 0 N–H and O–H groups in total. The van der Waals surface area contributed by atoms with Crippen LogP contribution in [-0.2, 0) is 0 Å². The average Bonchev–Trinajstić information content (AvgIpc) is 3.47. The van der Waals surface area contributed by atoms with Gasteiger partial charge < -0.3 is 4.74 Å². The Bertz CT molecular complexity index is 926. The Morgan fingerprint density at radius 2 is 1.96 bits per heavy atom. The van der Waals surface area contributed by atoms with Crippen molar-refractivity contribution in [2.45, 2.75) is 32.6 Å². The third-order valence-corrected chi connectivity index (χ3v) is 4.66. The normalized spacial score (nSPS) is 13.6. The second-order valence-corrected chi connectivity index (χ2v) is 6.53. The highest BCUT2D eigenvalue weighted by Crippen LogP contribution is 2.39. The molecule has 2 aromatic heterocycles. The van der Waals surface area contributed by atoms with Crippen molar-refractivity contribution in [3.8, 4) is 11.7 Å². The van der Waals surface area contributed by atoms with E-state index < -0.39 is 0 Å². The van der Waals surface area contributed by atoms with Crippen molar-refractivity contribution in [2.24, 2.45) is 0 Å². The summed E-state index contributed by atoms with van der Waals surface area (Å²) in [5.41, 5.74) is 3.11. The first-order chi connectivity index (χ1) is 12.7. The number of ether oxygens (including phenoxy) is 1. The maximum Gasteiger partial charge on any atom is 0.244 e. The van der Waals surface area contributed by atoms with Crippen LogP contribution in [0.15, 0.2) is 48.7 Å². The van der Waals surface area contributed by atoms with E-state index in [-0.39, 0.29) is 5.78 Å². The first-order valence-electron chi connectivity index (χ1n) is 8.97. The van der Waals surface area contributed by atoms with Gasteiger partial charge in [0.1, 0.15) is 5.56 Å². The fourth-order valence-electron chi connectivity index (χ4n) is 3.11. The van der Waals surface area contributed by atoms with Gasteiger partial charge in [-0.25, -0.2) is 9.67 Å². The first kappa shape index (κ1) is 16.5. The molecule has 0 bridgehead atoms. The summed E-state index contributed by atoms with van der Waals surface area (Å²) in [4.78, 5) is 17.6. The molecule has 4 rings (SSSR count). The lowest BCUT2D eigenvalue weighted by molar-refractivity contribution is 0.103. The fourth-order valence-corrected chi connectivity index (χ4v) is 3.11. The van der Waals surface area contributed by atoms with Crippen LogP contribution in [0.1, 0.15) is 52.9 Å². The van der Waals surface area contributed by atoms with Gasteiger partial charge in [0.25, 0.3) is 0 Å². The van der Waals surface area contributed by atoms with Gasteiger partial charge in [0.2, 0.25) is 5.88 Å². The van der Waals surface area contributed by atoms with Crippen LogP contribution in [0, 0.1) is 6.92 Å². The van der Waals surface area contributed by atoms with Crippen LogP contribution in [0.5, 0.6) is 5.88 Å². The van der Waals surface area contributed by atoms with E-state index in [9.17, 15) is 4.79 Å². The second-order valence-electron chi connectivity index (χ2n) is 6.53. The molecule has 26 heavy (non-hydrogen) atoms. The molecule has 0 atom stereocenters. The molecule has 5 nitrogen and oxygen atoms in total. The molecule has 1 aliphatic carbocycles. The number of ketones is 1. The van der Waals surface area contributed by atoms with Gasteiger partial charge in [-0.15, -0.1) is 5.10 Å². The molecular formula is C21H21N3O2. The summed E-state index contributed by atoms with van der Waals surface area (Å²) in [5.74, 6) is 1.61. The van der Waals surface area contributed by atoms with Gasteiger partial charge in [-0.1, -0.05) is 36.4 Å². The zero-order valence-electron chi connectivity index (χ0n) is 15.0. The molecule has 1 saturated carbocycles. The summed E-state index contributed by atoms with van der Waals surface area (Å²) in [6, 6.07) is 13.3. The van der Waals surface area contributed by atoms with E-state index in [1.54, 1.807) is 16.8 Å². The average molecular weight is 347 g/mol. The molecule has 0 amide bonds. The fraction of sp³-hybridized carbons (Fsp3) is 0.286. The number of aromatic nitrogens is 3. The first-order valence-corrected chi connectivity index (χ1v) is 8.97. The molecule has 1 aliphatic rings. The number of rotatable bonds is 6. The van der Waals surface area contributed by atoms with E-state index in [0.717, 1.165) is 5.69 Å². The Balaban J connectivity index is 1.75. The van der Waals surface area contributed by atoms with Crippen LogP contribution in [0.25, 0.3) is 5.82 Å². The number of benzene rings is 1. The summed E-state index contributed by atoms with van der Waals surface area (Å²) < 4.78 is 7.35. The molecule has 1 fully saturated rings. The molecule has 1 aromatic carbocycles. The van der Waals surface area contributed by atoms with Gasteiger partial charge in [0.15, 0.2) is 11.6 Å². The van der Waals surface area contributed by atoms with Crippen LogP contribution >= 0.6 is 0 Å². The highest BCUT2D eigenvalue weighted by molar-refractivity contribution is 6.11. The topological polar surface area (TPSA) is 57.0 Å². The number of nitrogens with zero attached hydrogens (tertiary/aromatic N) is 3. The summed E-state index contributed by atoms with van der Waals surface area (Å²) in [6.07, 6.45) is 4.39. The van der Waals surface area contributed by atoms with Crippen molar-refractivity contribution in [2.75, 3.05) is 6.61 Å². The van der Waals surface area contributed by atoms with Gasteiger partial charge in [0.05, 0.1) is 12.3 Å². The monoisotopic (exact) mass is 347 g/mol. The molecule has 3 aromatic rings. The molecule has 2 heterocycles. The maximum atomic E-state index is 13.0. The molecule has 0 unspecified atom stereocenters. The van der Waals surface area contributed by atoms with Gasteiger partial charge in [0, 0.05) is 11.8 Å². The van der Waals surface area contributed by atoms with E-state index >= 15 is 0 Å². The number of pyridine rings is 1. The van der Waals surface area contributed by atoms with Crippen molar-refractivity contribution in [3.05, 3.63) is 71.0 Å². The van der Waals surface area contributed by atoms with Gasteiger partial charge in [-0.3, -0.25) is 4.79 Å². The molecule has 0 spiro atoms. The summed E-state index contributed by atoms with van der Waals surface area (Å²) in [7, 11) is 0. The quantitative estimate of drug-likeness (QED) is 0.630. The minimum absolute atomic E-state index is 0.0904. The Morgan fingerprint density at radius 1 is 1.19 bits per heavy atom. The minimum atomic E-state index is -0.0904. The number of carbonyl (C=O) groups is 1. The van der Waals surface area contributed by atoms with E-state index in [1.165, 1.54) is 18.4 Å². The Kier molecular flexibility index (Phi) is 4.29. The summed E-state index contributed by atoms with van der Waals surface area (Å²) in [6.45, 7) is 4.20. The highest BCUT2D eigenvalue weighted by Gasteiger charge is 2.26. The molecule has 0 radical (unpaired) electrons. The smallest absolute Gasteiger partial charge is 0.244 e. The summed E-state index contributed by atoms with van der Waals surface area (Å²) >= 11 is 0. The highest BCUT2D eigenvalue weighted by atomic mass is 16.5. The van der Waals surface area contributed by atoms with Crippen molar-refractivity contribution >= 4 is 5.78 Å². The second kappa shape index (κ2) is 6.75. The van der Waals surface area contributed by atoms with Crippen LogP contribution in [0.2, 0.25) is 0 Å². The predicted octanol–water partition coefficient (Wildman–Crippen LogP) is 4.08. The molecule has 5 heteroatoms. The maximum absolute atomic E-state index is 13.0. The minimum Gasteiger partial charge on any atom is -0.476 e. The number of carbonyl (C=O) groups excluding carboxylic acids is 1. The third kappa shape index (κ3) is 3.01. The van der Waals surface area contributed by atoms with Crippen molar-refractivity contribution < 1.29 is 9.53 Å². The van der Waals surface area contributed by atoms with Crippen molar-refractivity contribution in [1.82, 2.24) is 14.8 Å². The zero-order valence-corrected chi connectivity index (χ0v) is 15.0. The molecule has 132 valence electrons. The van der Waals surface area contributed by atoms with Crippen LogP contribution < -0.4 is 4.74 Å². The van der Waals surface area contributed by atoms with E-state index in [4.69, 9.17) is 4.74 Å². The van der Waals surface area contributed by atoms with E-state index in [2.05, 4.69) is 16.1 Å². The van der Waals surface area contributed by atoms with E-state index in [0.29, 0.717) is 35.3 Å². The third-order valence-electron chi connectivity index (χ3n) is 4.66. The Labute approximate surface area is 152 Å². The van der Waals surface area contributed by atoms with Crippen LogP contribution in [0.4, 0.5) is 0 Å². The van der Waals surface area contributed by atoms with E-state index in [1.807, 2.05) is 44.3 Å². The SMILES string of the molecule is CCOc1nn(-c2ccc(C3CC3)cn2)c(C)c1C(=O)c1ccccc1. The van der Waals surface area contributed by atoms with Gasteiger partial charge in [-0.2, -0.15) is 0 Å². The number of hydrogen-bond acceptors (Lipinski definition) is 4. The predicted molar refractivity (Wildman–Crippen MR) is 99.1 cm³/mol. The van der Waals surface area contributed by atoms with Crippen LogP contribution in [-0.4, -0.2) is 27.2 Å². The zero-order chi connectivity index (χ0) is 18.1.